The fourth-order valence-electron chi connectivity index (χ4n) is 1.94. The maximum absolute atomic E-state index is 11.7. The van der Waals surface area contributed by atoms with Crippen molar-refractivity contribution in [1.82, 2.24) is 9.80 Å². The molecule has 1 aromatic rings. The minimum absolute atomic E-state index is 0.107. The van der Waals surface area contributed by atoms with Gasteiger partial charge in [-0.2, -0.15) is 0 Å². The summed E-state index contributed by atoms with van der Waals surface area (Å²) in [4.78, 5) is 15.4. The van der Waals surface area contributed by atoms with E-state index >= 15 is 0 Å². The molecule has 1 aromatic carbocycles. The molecule has 0 saturated carbocycles. The molecule has 0 aliphatic carbocycles. The second-order valence-electron chi connectivity index (χ2n) is 4.71. The zero-order chi connectivity index (χ0) is 13.5. The van der Waals surface area contributed by atoms with E-state index in [0.29, 0.717) is 13.1 Å². The summed E-state index contributed by atoms with van der Waals surface area (Å²) in [6, 6.07) is 10.4. The van der Waals surface area contributed by atoms with Crippen molar-refractivity contribution in [1.29, 1.82) is 0 Å². The largest absolute Gasteiger partial charge is 0.348 e. The Morgan fingerprint density at radius 3 is 2.33 bits per heavy atom. The molecule has 0 bridgehead atoms. The topological polar surface area (TPSA) is 49.6 Å². The van der Waals surface area contributed by atoms with Gasteiger partial charge in [0.25, 0.3) is 0 Å². The molecule has 1 unspecified atom stereocenters. The summed E-state index contributed by atoms with van der Waals surface area (Å²) in [6.07, 6.45) is 0.848. The highest BCUT2D eigenvalue weighted by molar-refractivity contribution is 5.77. The number of carbonyl (C=O) groups is 1. The highest BCUT2D eigenvalue weighted by Crippen LogP contribution is 2.22. The summed E-state index contributed by atoms with van der Waals surface area (Å²) in [6.45, 7) is 1.02. The summed E-state index contributed by atoms with van der Waals surface area (Å²) in [5.74, 6) is 0.107. The fraction of sp³-hybridized carbons (Fsp3) is 0.500. The number of hydrogen-bond donors (Lipinski definition) is 1. The fourth-order valence-corrected chi connectivity index (χ4v) is 1.94. The van der Waals surface area contributed by atoms with Crippen LogP contribution in [0.3, 0.4) is 0 Å². The van der Waals surface area contributed by atoms with Gasteiger partial charge in [0, 0.05) is 20.1 Å². The van der Waals surface area contributed by atoms with Crippen molar-refractivity contribution < 1.29 is 4.79 Å². The van der Waals surface area contributed by atoms with Gasteiger partial charge >= 0.3 is 0 Å². The lowest BCUT2D eigenvalue weighted by Gasteiger charge is -2.28. The van der Waals surface area contributed by atoms with E-state index in [1.54, 1.807) is 19.0 Å². The van der Waals surface area contributed by atoms with E-state index in [1.807, 2.05) is 25.2 Å². The summed E-state index contributed by atoms with van der Waals surface area (Å²) < 4.78 is 0. The predicted octanol–water partition coefficient (Wildman–Crippen LogP) is 1.10. The Bertz CT molecular complexity index is 365. The van der Waals surface area contributed by atoms with Crippen molar-refractivity contribution in [3.8, 4) is 0 Å². The molecule has 0 saturated heterocycles. The highest BCUT2D eigenvalue weighted by Gasteiger charge is 2.19. The predicted molar refractivity (Wildman–Crippen MR) is 74.2 cm³/mol. The molecule has 0 fully saturated rings. The molecule has 1 atom stereocenters. The maximum Gasteiger partial charge on any atom is 0.236 e. The standard InChI is InChI=1S/C14H23N3O/c1-16(2)14(18)11-17(3)13(9-10-15)12-7-5-4-6-8-12/h4-8,13H,9-11,15H2,1-3H3. The Kier molecular flexibility index (Phi) is 5.82. The smallest absolute Gasteiger partial charge is 0.236 e. The maximum atomic E-state index is 11.7. The average molecular weight is 249 g/mol. The monoisotopic (exact) mass is 249 g/mol. The first-order chi connectivity index (χ1) is 8.56. The first kappa shape index (κ1) is 14.7. The third kappa shape index (κ3) is 4.13. The van der Waals surface area contributed by atoms with Gasteiger partial charge in [-0.15, -0.1) is 0 Å². The number of hydrogen-bond acceptors (Lipinski definition) is 3. The van der Waals surface area contributed by atoms with Gasteiger partial charge in [-0.3, -0.25) is 9.69 Å². The Morgan fingerprint density at radius 2 is 1.83 bits per heavy atom. The lowest BCUT2D eigenvalue weighted by molar-refractivity contribution is -0.130. The van der Waals surface area contributed by atoms with Gasteiger partial charge in [0.15, 0.2) is 0 Å². The third-order valence-corrected chi connectivity index (χ3v) is 3.04. The van der Waals surface area contributed by atoms with Crippen molar-refractivity contribution in [2.45, 2.75) is 12.5 Å². The first-order valence-electron chi connectivity index (χ1n) is 6.21. The molecule has 4 nitrogen and oxygen atoms in total. The highest BCUT2D eigenvalue weighted by atomic mass is 16.2. The molecule has 2 N–H and O–H groups in total. The SMILES string of the molecule is CN(C)C(=O)CN(C)C(CCN)c1ccccc1. The quantitative estimate of drug-likeness (QED) is 0.821. The summed E-state index contributed by atoms with van der Waals surface area (Å²) in [5.41, 5.74) is 6.88. The van der Waals surface area contributed by atoms with Gasteiger partial charge in [-0.05, 0) is 25.6 Å². The molecule has 0 radical (unpaired) electrons. The van der Waals surface area contributed by atoms with Crippen LogP contribution >= 0.6 is 0 Å². The molecule has 0 aromatic heterocycles. The number of carbonyl (C=O) groups excluding carboxylic acids is 1. The Morgan fingerprint density at radius 1 is 1.22 bits per heavy atom. The summed E-state index contributed by atoms with van der Waals surface area (Å²) in [7, 11) is 5.52. The summed E-state index contributed by atoms with van der Waals surface area (Å²) in [5, 5.41) is 0. The van der Waals surface area contributed by atoms with Gasteiger partial charge in [-0.1, -0.05) is 30.3 Å². The normalized spacial score (nSPS) is 12.5. The van der Waals surface area contributed by atoms with E-state index in [-0.39, 0.29) is 11.9 Å². The molecule has 0 aliphatic heterocycles. The van der Waals surface area contributed by atoms with Crippen molar-refractivity contribution in [3.63, 3.8) is 0 Å². The number of likely N-dealkylation sites (N-methyl/N-ethyl adjacent to an activating group) is 2. The van der Waals surface area contributed by atoms with Gasteiger partial charge in [0.1, 0.15) is 0 Å². The van der Waals surface area contributed by atoms with Crippen molar-refractivity contribution >= 4 is 5.91 Å². The number of benzene rings is 1. The molecule has 0 spiro atoms. The van der Waals surface area contributed by atoms with Crippen LogP contribution in [0.5, 0.6) is 0 Å². The summed E-state index contributed by atoms with van der Waals surface area (Å²) >= 11 is 0. The zero-order valence-corrected chi connectivity index (χ0v) is 11.5. The molecule has 0 aliphatic rings. The van der Waals surface area contributed by atoms with Crippen molar-refractivity contribution in [2.24, 2.45) is 5.73 Å². The number of amides is 1. The number of rotatable bonds is 6. The van der Waals surface area contributed by atoms with E-state index in [9.17, 15) is 4.79 Å². The zero-order valence-electron chi connectivity index (χ0n) is 11.5. The van der Waals surface area contributed by atoms with Crippen LogP contribution in [-0.4, -0.2) is 49.9 Å². The van der Waals surface area contributed by atoms with Crippen LogP contribution in [0.2, 0.25) is 0 Å². The van der Waals surface area contributed by atoms with E-state index in [1.165, 1.54) is 5.56 Å². The van der Waals surface area contributed by atoms with Gasteiger partial charge in [0.2, 0.25) is 5.91 Å². The van der Waals surface area contributed by atoms with Crippen LogP contribution in [0.25, 0.3) is 0 Å². The minimum atomic E-state index is 0.107. The van der Waals surface area contributed by atoms with Gasteiger partial charge in [0.05, 0.1) is 6.54 Å². The molecule has 0 heterocycles. The van der Waals surface area contributed by atoms with Crippen LogP contribution < -0.4 is 5.73 Å². The number of nitrogens with two attached hydrogens (primary N) is 1. The minimum Gasteiger partial charge on any atom is -0.348 e. The Labute approximate surface area is 109 Å². The van der Waals surface area contributed by atoms with Crippen LogP contribution in [0, 0.1) is 0 Å². The molecular weight excluding hydrogens is 226 g/mol. The first-order valence-corrected chi connectivity index (χ1v) is 6.21. The lowest BCUT2D eigenvalue weighted by atomic mass is 10.0. The molecular formula is C14H23N3O. The Balaban J connectivity index is 2.76. The van der Waals surface area contributed by atoms with E-state index in [0.717, 1.165) is 6.42 Å². The van der Waals surface area contributed by atoms with E-state index in [2.05, 4.69) is 17.0 Å². The number of nitrogens with zero attached hydrogens (tertiary/aromatic N) is 2. The molecule has 18 heavy (non-hydrogen) atoms. The Hall–Kier alpha value is -1.39. The van der Waals surface area contributed by atoms with Crippen LogP contribution in [0.15, 0.2) is 30.3 Å². The second kappa shape index (κ2) is 7.13. The molecule has 4 heteroatoms. The van der Waals surface area contributed by atoms with Crippen molar-refractivity contribution in [3.05, 3.63) is 35.9 Å². The van der Waals surface area contributed by atoms with Crippen LogP contribution in [-0.2, 0) is 4.79 Å². The van der Waals surface area contributed by atoms with Gasteiger partial charge < -0.3 is 10.6 Å². The van der Waals surface area contributed by atoms with E-state index < -0.39 is 0 Å². The van der Waals surface area contributed by atoms with E-state index in [4.69, 9.17) is 5.73 Å². The van der Waals surface area contributed by atoms with Crippen LogP contribution in [0.4, 0.5) is 0 Å². The second-order valence-corrected chi connectivity index (χ2v) is 4.71. The third-order valence-electron chi connectivity index (χ3n) is 3.04. The lowest BCUT2D eigenvalue weighted by Crippen LogP contribution is -2.37. The van der Waals surface area contributed by atoms with Crippen molar-refractivity contribution in [2.75, 3.05) is 34.2 Å². The van der Waals surface area contributed by atoms with Gasteiger partial charge in [-0.25, -0.2) is 0 Å². The van der Waals surface area contributed by atoms with Crippen LogP contribution in [0.1, 0.15) is 18.0 Å². The molecule has 100 valence electrons. The molecule has 1 rings (SSSR count). The average Bonchev–Trinajstić information content (AvgIpc) is 2.36. The molecule has 1 amide bonds.